The molecule has 96 valence electrons. The Morgan fingerprint density at radius 1 is 1.19 bits per heavy atom. The van der Waals surface area contributed by atoms with Crippen LogP contribution < -0.4 is 5.73 Å². The summed E-state index contributed by atoms with van der Waals surface area (Å²) in [5, 5.41) is 0. The van der Waals surface area contributed by atoms with E-state index in [0.717, 1.165) is 25.7 Å². The Balaban J connectivity index is 2.35. The smallest absolute Gasteiger partial charge is 0.325 e. The van der Waals surface area contributed by atoms with Crippen LogP contribution in [0.15, 0.2) is 0 Å². The number of alkyl halides is 3. The van der Waals surface area contributed by atoms with Gasteiger partial charge in [-0.3, -0.25) is 0 Å². The average Bonchev–Trinajstić information content (AvgIpc) is 2.17. The van der Waals surface area contributed by atoms with Crippen molar-refractivity contribution in [3.63, 3.8) is 0 Å². The van der Waals surface area contributed by atoms with Gasteiger partial charge in [-0.25, -0.2) is 0 Å². The van der Waals surface area contributed by atoms with E-state index in [1.807, 2.05) is 0 Å². The first-order chi connectivity index (χ1) is 7.37. The monoisotopic (exact) mass is 237 g/mol. The summed E-state index contributed by atoms with van der Waals surface area (Å²) in [5.41, 5.74) is 5.82. The third-order valence-electron chi connectivity index (χ3n) is 3.72. The quantitative estimate of drug-likeness (QED) is 0.734. The van der Waals surface area contributed by atoms with Gasteiger partial charge in [-0.2, -0.15) is 13.2 Å². The van der Waals surface area contributed by atoms with Crippen molar-refractivity contribution in [3.8, 4) is 0 Å². The molecule has 0 atom stereocenters. The molecule has 0 aromatic rings. The lowest BCUT2D eigenvalue weighted by Crippen LogP contribution is -2.45. The standard InChI is InChI=1S/C12H22F3N/c1-2-3-4-7-11(16)8-5-10(6-9-11)12(13,14)15/h10H,2-9,16H2,1H3. The van der Waals surface area contributed by atoms with E-state index in [2.05, 4.69) is 6.92 Å². The van der Waals surface area contributed by atoms with Gasteiger partial charge in [0, 0.05) is 5.54 Å². The highest BCUT2D eigenvalue weighted by Crippen LogP contribution is 2.41. The SMILES string of the molecule is CCCCCC1(N)CCC(C(F)(F)F)CC1. The molecule has 0 saturated heterocycles. The number of halogens is 3. The molecule has 1 aliphatic carbocycles. The third kappa shape index (κ3) is 3.96. The van der Waals surface area contributed by atoms with Gasteiger partial charge in [-0.05, 0) is 32.1 Å². The Morgan fingerprint density at radius 3 is 2.19 bits per heavy atom. The minimum Gasteiger partial charge on any atom is -0.325 e. The fourth-order valence-electron chi connectivity index (χ4n) is 2.50. The Morgan fingerprint density at radius 2 is 1.75 bits per heavy atom. The van der Waals surface area contributed by atoms with Crippen molar-refractivity contribution in [1.82, 2.24) is 0 Å². The zero-order valence-corrected chi connectivity index (χ0v) is 9.95. The van der Waals surface area contributed by atoms with Crippen LogP contribution in [0.1, 0.15) is 58.3 Å². The lowest BCUT2D eigenvalue weighted by atomic mass is 9.74. The molecule has 0 radical (unpaired) electrons. The first kappa shape index (κ1) is 13.8. The number of unbranched alkanes of at least 4 members (excludes halogenated alkanes) is 2. The molecule has 1 fully saturated rings. The van der Waals surface area contributed by atoms with Gasteiger partial charge in [0.25, 0.3) is 0 Å². The summed E-state index contributed by atoms with van der Waals surface area (Å²) in [6.07, 6.45) is 1.64. The third-order valence-corrected chi connectivity index (χ3v) is 3.72. The molecule has 1 aliphatic rings. The summed E-state index contributed by atoms with van der Waals surface area (Å²) >= 11 is 0. The zero-order valence-electron chi connectivity index (χ0n) is 9.95. The minimum atomic E-state index is -4.02. The molecule has 0 unspecified atom stereocenters. The Hall–Kier alpha value is -0.250. The normalized spacial score (nSPS) is 31.7. The lowest BCUT2D eigenvalue weighted by molar-refractivity contribution is -0.184. The topological polar surface area (TPSA) is 26.0 Å². The maximum absolute atomic E-state index is 12.5. The Bertz CT molecular complexity index is 205. The molecular weight excluding hydrogens is 215 g/mol. The number of hydrogen-bond donors (Lipinski definition) is 1. The average molecular weight is 237 g/mol. The second-order valence-corrected chi connectivity index (χ2v) is 5.14. The molecular formula is C12H22F3N. The van der Waals surface area contributed by atoms with E-state index in [-0.39, 0.29) is 18.4 Å². The number of nitrogens with two attached hydrogens (primary N) is 1. The van der Waals surface area contributed by atoms with Crippen molar-refractivity contribution in [1.29, 1.82) is 0 Å². The highest BCUT2D eigenvalue weighted by molar-refractivity contribution is 4.91. The van der Waals surface area contributed by atoms with Crippen LogP contribution in [0.2, 0.25) is 0 Å². The van der Waals surface area contributed by atoms with Crippen LogP contribution in [0.3, 0.4) is 0 Å². The second kappa shape index (κ2) is 5.39. The molecule has 0 amide bonds. The number of hydrogen-bond acceptors (Lipinski definition) is 1. The van der Waals surface area contributed by atoms with Crippen molar-refractivity contribution in [3.05, 3.63) is 0 Å². The van der Waals surface area contributed by atoms with Gasteiger partial charge in [-0.15, -0.1) is 0 Å². The van der Waals surface area contributed by atoms with Crippen molar-refractivity contribution in [2.24, 2.45) is 11.7 Å². The predicted octanol–water partition coefficient (Wildman–Crippen LogP) is 4.02. The summed E-state index contributed by atoms with van der Waals surface area (Å²) in [5.74, 6) is -1.12. The van der Waals surface area contributed by atoms with Crippen LogP contribution in [-0.2, 0) is 0 Å². The molecule has 1 nitrogen and oxygen atoms in total. The fraction of sp³-hybridized carbons (Fsp3) is 1.00. The largest absolute Gasteiger partial charge is 0.391 e. The van der Waals surface area contributed by atoms with Crippen molar-refractivity contribution in [2.75, 3.05) is 0 Å². The van der Waals surface area contributed by atoms with Gasteiger partial charge < -0.3 is 5.73 Å². The van der Waals surface area contributed by atoms with Crippen LogP contribution in [-0.4, -0.2) is 11.7 Å². The first-order valence-corrected chi connectivity index (χ1v) is 6.23. The van der Waals surface area contributed by atoms with Crippen molar-refractivity contribution < 1.29 is 13.2 Å². The van der Waals surface area contributed by atoms with Gasteiger partial charge in [0.15, 0.2) is 0 Å². The van der Waals surface area contributed by atoms with E-state index in [4.69, 9.17) is 5.73 Å². The van der Waals surface area contributed by atoms with Gasteiger partial charge in [0.2, 0.25) is 0 Å². The molecule has 2 N–H and O–H groups in total. The maximum atomic E-state index is 12.5. The molecule has 0 aromatic carbocycles. The summed E-state index contributed by atoms with van der Waals surface area (Å²) in [6, 6.07) is 0. The Kier molecular flexibility index (Phi) is 4.65. The van der Waals surface area contributed by atoms with E-state index >= 15 is 0 Å². The molecule has 1 saturated carbocycles. The lowest BCUT2D eigenvalue weighted by Gasteiger charge is -2.38. The number of rotatable bonds is 4. The van der Waals surface area contributed by atoms with E-state index < -0.39 is 12.1 Å². The van der Waals surface area contributed by atoms with Gasteiger partial charge in [0.05, 0.1) is 5.92 Å². The van der Waals surface area contributed by atoms with Crippen LogP contribution in [0.25, 0.3) is 0 Å². The molecule has 0 aliphatic heterocycles. The Labute approximate surface area is 95.6 Å². The minimum absolute atomic E-state index is 0.214. The highest BCUT2D eigenvalue weighted by Gasteiger charge is 2.44. The van der Waals surface area contributed by atoms with E-state index in [1.165, 1.54) is 0 Å². The molecule has 4 heteroatoms. The molecule has 0 aromatic heterocycles. The molecule has 0 spiro atoms. The zero-order chi connectivity index (χ0) is 12.2. The van der Waals surface area contributed by atoms with Gasteiger partial charge in [0.1, 0.15) is 0 Å². The summed E-state index contributed by atoms with van der Waals surface area (Å²) in [4.78, 5) is 0. The maximum Gasteiger partial charge on any atom is 0.391 e. The van der Waals surface area contributed by atoms with Crippen LogP contribution in [0.4, 0.5) is 13.2 Å². The second-order valence-electron chi connectivity index (χ2n) is 5.14. The molecule has 0 heterocycles. The van der Waals surface area contributed by atoms with E-state index in [9.17, 15) is 13.2 Å². The molecule has 0 bridgehead atoms. The predicted molar refractivity (Wildman–Crippen MR) is 59.1 cm³/mol. The van der Waals surface area contributed by atoms with Crippen molar-refractivity contribution >= 4 is 0 Å². The van der Waals surface area contributed by atoms with Gasteiger partial charge >= 0.3 is 6.18 Å². The highest BCUT2D eigenvalue weighted by atomic mass is 19.4. The summed E-state index contributed by atoms with van der Waals surface area (Å²) < 4.78 is 37.4. The van der Waals surface area contributed by atoms with Crippen LogP contribution in [0.5, 0.6) is 0 Å². The molecule has 16 heavy (non-hydrogen) atoms. The van der Waals surface area contributed by atoms with E-state index in [0.29, 0.717) is 12.8 Å². The van der Waals surface area contributed by atoms with Crippen molar-refractivity contribution in [2.45, 2.75) is 70.0 Å². The van der Waals surface area contributed by atoms with Crippen LogP contribution >= 0.6 is 0 Å². The van der Waals surface area contributed by atoms with E-state index in [1.54, 1.807) is 0 Å². The first-order valence-electron chi connectivity index (χ1n) is 6.23. The van der Waals surface area contributed by atoms with Crippen LogP contribution in [0, 0.1) is 5.92 Å². The fourth-order valence-corrected chi connectivity index (χ4v) is 2.50. The van der Waals surface area contributed by atoms with Gasteiger partial charge in [-0.1, -0.05) is 26.2 Å². The summed E-state index contributed by atoms with van der Waals surface area (Å²) in [6.45, 7) is 2.11. The molecule has 1 rings (SSSR count). The summed E-state index contributed by atoms with van der Waals surface area (Å²) in [7, 11) is 0.